The van der Waals surface area contributed by atoms with Gasteiger partial charge in [-0.1, -0.05) is 127 Å². The summed E-state index contributed by atoms with van der Waals surface area (Å²) in [5, 5.41) is 11.9. The largest absolute Gasteiger partial charge is 0.456 e. The number of furan rings is 2. The molecular weight excluding hydrogens is 695 g/mol. The Morgan fingerprint density at radius 2 is 0.860 bits per heavy atom. The lowest BCUT2D eigenvalue weighted by Gasteiger charge is -2.28. The first kappa shape index (κ1) is 31.7. The molecule has 10 aromatic carbocycles. The number of anilines is 3. The minimum absolute atomic E-state index is 0.856. The van der Waals surface area contributed by atoms with Crippen molar-refractivity contribution < 1.29 is 8.83 Å². The fourth-order valence-electron chi connectivity index (χ4n) is 8.82. The van der Waals surface area contributed by atoms with Gasteiger partial charge >= 0.3 is 0 Å². The first-order valence-electron chi connectivity index (χ1n) is 19.4. The molecule has 0 aliphatic rings. The molecule has 0 radical (unpaired) electrons. The van der Waals surface area contributed by atoms with Crippen LogP contribution in [0.1, 0.15) is 0 Å². The van der Waals surface area contributed by atoms with Crippen molar-refractivity contribution in [3.63, 3.8) is 0 Å². The van der Waals surface area contributed by atoms with Crippen LogP contribution < -0.4 is 4.90 Å². The Bertz CT molecular complexity index is 3530. The summed E-state index contributed by atoms with van der Waals surface area (Å²) in [7, 11) is 0. The molecule has 0 aliphatic carbocycles. The van der Waals surface area contributed by atoms with Crippen LogP contribution in [0.15, 0.2) is 209 Å². The minimum Gasteiger partial charge on any atom is -0.456 e. The zero-order valence-corrected chi connectivity index (χ0v) is 30.8. The molecule has 0 bridgehead atoms. The standard InChI is InChI=1S/C54H33NO2/c1-2-11-37-32-53-49(30-36(37)10-1)48-31-40(22-28-52(48)57-53)45-13-5-7-15-50(45)55(42-25-27-47-46-14-6-8-16-51(46)56-54(47)33-42)41-23-19-34(20-24-41)38-21-26-44-39(29-38)18-17-35-9-3-4-12-43(35)44/h1-33H. The van der Waals surface area contributed by atoms with Crippen LogP contribution in [0, 0.1) is 0 Å². The SMILES string of the molecule is c1ccc(N(c2ccc(-c3ccc4c(ccc5ccccc54)c3)cc2)c2ccc3c(c2)oc2ccccc23)c(-c2ccc3oc4cc5ccccc5cc4c3c2)c1. The number of hydrogen-bond acceptors (Lipinski definition) is 3. The van der Waals surface area contributed by atoms with Crippen LogP contribution in [0.3, 0.4) is 0 Å². The van der Waals surface area contributed by atoms with Gasteiger partial charge in [-0.15, -0.1) is 0 Å². The van der Waals surface area contributed by atoms with Gasteiger partial charge in [-0.3, -0.25) is 0 Å². The Kier molecular flexibility index (Phi) is 6.93. The average molecular weight is 728 g/mol. The number of benzene rings is 10. The van der Waals surface area contributed by atoms with Gasteiger partial charge in [0.2, 0.25) is 0 Å². The fraction of sp³-hybridized carbons (Fsp3) is 0. The highest BCUT2D eigenvalue weighted by molar-refractivity contribution is 6.12. The lowest BCUT2D eigenvalue weighted by molar-refractivity contribution is 0.669. The van der Waals surface area contributed by atoms with Crippen molar-refractivity contribution in [1.82, 2.24) is 0 Å². The van der Waals surface area contributed by atoms with Crippen molar-refractivity contribution in [2.24, 2.45) is 0 Å². The van der Waals surface area contributed by atoms with Crippen LogP contribution in [0.2, 0.25) is 0 Å². The van der Waals surface area contributed by atoms with E-state index < -0.39 is 0 Å². The van der Waals surface area contributed by atoms with Gasteiger partial charge in [0, 0.05) is 44.5 Å². The van der Waals surface area contributed by atoms with E-state index in [4.69, 9.17) is 8.83 Å². The Balaban J connectivity index is 1.01. The lowest BCUT2D eigenvalue weighted by atomic mass is 9.97. The van der Waals surface area contributed by atoms with E-state index >= 15 is 0 Å². The third-order valence-corrected chi connectivity index (χ3v) is 11.6. The maximum atomic E-state index is 6.44. The van der Waals surface area contributed by atoms with Gasteiger partial charge in [0.25, 0.3) is 0 Å². The molecule has 0 amide bonds. The summed E-state index contributed by atoms with van der Waals surface area (Å²) in [6, 6.07) is 71.7. The topological polar surface area (TPSA) is 29.5 Å². The molecule has 0 N–H and O–H groups in total. The Morgan fingerprint density at radius 3 is 1.74 bits per heavy atom. The van der Waals surface area contributed by atoms with Crippen molar-refractivity contribution in [3.8, 4) is 22.3 Å². The van der Waals surface area contributed by atoms with Crippen molar-refractivity contribution >= 4 is 93.3 Å². The van der Waals surface area contributed by atoms with Gasteiger partial charge in [-0.05, 0) is 116 Å². The van der Waals surface area contributed by atoms with E-state index in [1.807, 2.05) is 12.1 Å². The summed E-state index contributed by atoms with van der Waals surface area (Å²) in [5.74, 6) is 0. The molecule has 12 rings (SSSR count). The predicted molar refractivity (Wildman–Crippen MR) is 239 cm³/mol. The van der Waals surface area contributed by atoms with Gasteiger partial charge < -0.3 is 13.7 Å². The smallest absolute Gasteiger partial charge is 0.137 e. The third kappa shape index (κ3) is 5.13. The van der Waals surface area contributed by atoms with E-state index in [-0.39, 0.29) is 0 Å². The molecule has 12 aromatic rings. The monoisotopic (exact) mass is 727 g/mol. The number of para-hydroxylation sites is 2. The van der Waals surface area contributed by atoms with Gasteiger partial charge in [-0.25, -0.2) is 0 Å². The molecule has 3 heteroatoms. The maximum Gasteiger partial charge on any atom is 0.137 e. The Morgan fingerprint density at radius 1 is 0.281 bits per heavy atom. The second kappa shape index (κ2) is 12.5. The zero-order chi connectivity index (χ0) is 37.5. The summed E-state index contributed by atoms with van der Waals surface area (Å²) >= 11 is 0. The number of fused-ring (bicyclic) bond motifs is 10. The van der Waals surface area contributed by atoms with Crippen LogP contribution >= 0.6 is 0 Å². The maximum absolute atomic E-state index is 6.44. The van der Waals surface area contributed by atoms with Crippen molar-refractivity contribution in [2.45, 2.75) is 0 Å². The van der Waals surface area contributed by atoms with Crippen molar-refractivity contribution in [2.75, 3.05) is 4.90 Å². The van der Waals surface area contributed by atoms with E-state index in [0.717, 1.165) is 72.1 Å². The molecule has 0 saturated carbocycles. The van der Waals surface area contributed by atoms with Crippen LogP contribution in [0.4, 0.5) is 17.1 Å². The number of rotatable bonds is 5. The van der Waals surface area contributed by atoms with Gasteiger partial charge in [-0.2, -0.15) is 0 Å². The molecule has 0 saturated heterocycles. The van der Waals surface area contributed by atoms with Crippen LogP contribution in [0.5, 0.6) is 0 Å². The minimum atomic E-state index is 0.856. The van der Waals surface area contributed by atoms with E-state index in [2.05, 4.69) is 193 Å². The summed E-state index contributed by atoms with van der Waals surface area (Å²) < 4.78 is 12.8. The molecule has 2 aromatic heterocycles. The molecule has 266 valence electrons. The molecular formula is C54H33NO2. The lowest BCUT2D eigenvalue weighted by Crippen LogP contribution is -2.11. The molecule has 57 heavy (non-hydrogen) atoms. The third-order valence-electron chi connectivity index (χ3n) is 11.6. The number of hydrogen-bond donors (Lipinski definition) is 0. The summed E-state index contributed by atoms with van der Waals surface area (Å²) in [4.78, 5) is 2.35. The molecule has 0 aliphatic heterocycles. The fourth-order valence-corrected chi connectivity index (χ4v) is 8.82. The summed E-state index contributed by atoms with van der Waals surface area (Å²) in [5.41, 5.74) is 11.2. The quantitative estimate of drug-likeness (QED) is 0.165. The van der Waals surface area contributed by atoms with E-state index in [1.165, 1.54) is 43.4 Å². The highest BCUT2D eigenvalue weighted by Gasteiger charge is 2.20. The molecule has 0 unspecified atom stereocenters. The second-order valence-corrected chi connectivity index (χ2v) is 14.9. The van der Waals surface area contributed by atoms with Crippen LogP contribution in [-0.2, 0) is 0 Å². The first-order valence-corrected chi connectivity index (χ1v) is 19.4. The zero-order valence-electron chi connectivity index (χ0n) is 30.8. The van der Waals surface area contributed by atoms with Crippen molar-refractivity contribution in [3.05, 3.63) is 200 Å². The van der Waals surface area contributed by atoms with Crippen LogP contribution in [0.25, 0.3) is 98.4 Å². The number of nitrogens with zero attached hydrogens (tertiary/aromatic N) is 1. The molecule has 0 fully saturated rings. The molecule has 0 atom stereocenters. The highest BCUT2D eigenvalue weighted by Crippen LogP contribution is 2.44. The molecule has 3 nitrogen and oxygen atoms in total. The molecule has 0 spiro atoms. The highest BCUT2D eigenvalue weighted by atomic mass is 16.3. The average Bonchev–Trinajstić information content (AvgIpc) is 3.83. The van der Waals surface area contributed by atoms with Gasteiger partial charge in [0.1, 0.15) is 22.3 Å². The van der Waals surface area contributed by atoms with E-state index in [9.17, 15) is 0 Å². The van der Waals surface area contributed by atoms with Crippen molar-refractivity contribution in [1.29, 1.82) is 0 Å². The normalized spacial score (nSPS) is 11.9. The van der Waals surface area contributed by atoms with E-state index in [1.54, 1.807) is 0 Å². The Labute approximate surface area is 328 Å². The molecule has 2 heterocycles. The van der Waals surface area contributed by atoms with Crippen LogP contribution in [-0.4, -0.2) is 0 Å². The predicted octanol–water partition coefficient (Wildman–Crippen LogP) is 15.7. The Hall–Kier alpha value is -7.62. The summed E-state index contributed by atoms with van der Waals surface area (Å²) in [6.07, 6.45) is 0. The van der Waals surface area contributed by atoms with Gasteiger partial charge in [0.15, 0.2) is 0 Å². The van der Waals surface area contributed by atoms with Gasteiger partial charge in [0.05, 0.1) is 5.69 Å². The summed E-state index contributed by atoms with van der Waals surface area (Å²) in [6.45, 7) is 0. The first-order chi connectivity index (χ1) is 28.2. The van der Waals surface area contributed by atoms with E-state index in [0.29, 0.717) is 0 Å². The second-order valence-electron chi connectivity index (χ2n) is 14.9.